The SMILES string of the molecule is CC.COC(=O)c1ccc2nc(-c3ccccc3)c(Br)nc2c1. The maximum atomic E-state index is 11.5. The van der Waals surface area contributed by atoms with E-state index in [1.165, 1.54) is 7.11 Å². The second kappa shape index (κ2) is 7.83. The topological polar surface area (TPSA) is 52.1 Å². The van der Waals surface area contributed by atoms with Crippen LogP contribution >= 0.6 is 15.9 Å². The lowest BCUT2D eigenvalue weighted by atomic mass is 10.1. The maximum absolute atomic E-state index is 11.5. The lowest BCUT2D eigenvalue weighted by molar-refractivity contribution is 0.0601. The van der Waals surface area contributed by atoms with E-state index in [1.807, 2.05) is 44.2 Å². The van der Waals surface area contributed by atoms with Gasteiger partial charge >= 0.3 is 5.97 Å². The molecule has 0 radical (unpaired) electrons. The van der Waals surface area contributed by atoms with E-state index in [0.29, 0.717) is 15.7 Å². The van der Waals surface area contributed by atoms with E-state index in [0.717, 1.165) is 16.8 Å². The zero-order valence-corrected chi connectivity index (χ0v) is 14.8. The Hall–Kier alpha value is -2.27. The number of carbonyl (C=O) groups is 1. The van der Waals surface area contributed by atoms with Crippen LogP contribution in [0, 0.1) is 0 Å². The van der Waals surface area contributed by atoms with E-state index in [1.54, 1.807) is 18.2 Å². The van der Waals surface area contributed by atoms with Gasteiger partial charge in [0, 0.05) is 5.56 Å². The highest BCUT2D eigenvalue weighted by molar-refractivity contribution is 9.10. The molecule has 2 aromatic carbocycles. The van der Waals surface area contributed by atoms with Crippen molar-refractivity contribution in [2.75, 3.05) is 7.11 Å². The molecule has 1 heterocycles. The van der Waals surface area contributed by atoms with E-state index in [4.69, 9.17) is 4.74 Å². The van der Waals surface area contributed by atoms with Crippen molar-refractivity contribution >= 4 is 32.9 Å². The first-order valence-corrected chi connectivity index (χ1v) is 8.09. The molecular weight excluding hydrogens is 356 g/mol. The quantitative estimate of drug-likeness (QED) is 0.602. The molecular formula is C18H17BrN2O2. The Morgan fingerprint density at radius 1 is 1.00 bits per heavy atom. The van der Waals surface area contributed by atoms with E-state index < -0.39 is 0 Å². The predicted molar refractivity (Wildman–Crippen MR) is 95.4 cm³/mol. The highest BCUT2D eigenvalue weighted by atomic mass is 79.9. The highest BCUT2D eigenvalue weighted by Gasteiger charge is 2.11. The number of methoxy groups -OCH3 is 1. The van der Waals surface area contributed by atoms with Gasteiger partial charge in [-0.3, -0.25) is 0 Å². The molecule has 0 aliphatic heterocycles. The Balaban J connectivity index is 0.000000924. The summed E-state index contributed by atoms with van der Waals surface area (Å²) < 4.78 is 5.35. The molecule has 0 saturated heterocycles. The number of ether oxygens (including phenoxy) is 1. The molecule has 0 atom stereocenters. The van der Waals surface area contributed by atoms with Gasteiger partial charge in [-0.05, 0) is 34.1 Å². The molecule has 0 N–H and O–H groups in total. The van der Waals surface area contributed by atoms with Crippen molar-refractivity contribution in [3.05, 3.63) is 58.7 Å². The predicted octanol–water partition coefficient (Wildman–Crippen LogP) is 4.87. The molecule has 5 heteroatoms. The van der Waals surface area contributed by atoms with Crippen molar-refractivity contribution in [3.8, 4) is 11.3 Å². The number of fused-ring (bicyclic) bond motifs is 1. The molecule has 3 aromatic rings. The summed E-state index contributed by atoms with van der Waals surface area (Å²) in [6.45, 7) is 4.00. The molecule has 23 heavy (non-hydrogen) atoms. The summed E-state index contributed by atoms with van der Waals surface area (Å²) in [6.07, 6.45) is 0. The maximum Gasteiger partial charge on any atom is 0.337 e. The Morgan fingerprint density at radius 2 is 1.70 bits per heavy atom. The summed E-state index contributed by atoms with van der Waals surface area (Å²) in [5.41, 5.74) is 3.58. The van der Waals surface area contributed by atoms with Gasteiger partial charge in [0.1, 0.15) is 10.3 Å². The van der Waals surface area contributed by atoms with Crippen LogP contribution in [-0.4, -0.2) is 23.0 Å². The van der Waals surface area contributed by atoms with Crippen molar-refractivity contribution in [1.29, 1.82) is 0 Å². The summed E-state index contributed by atoms with van der Waals surface area (Å²) in [5.74, 6) is -0.387. The van der Waals surface area contributed by atoms with Crippen LogP contribution in [-0.2, 0) is 4.74 Å². The van der Waals surface area contributed by atoms with E-state index in [2.05, 4.69) is 25.9 Å². The molecule has 0 aliphatic carbocycles. The van der Waals surface area contributed by atoms with Gasteiger partial charge in [-0.25, -0.2) is 14.8 Å². The second-order valence-electron chi connectivity index (χ2n) is 4.42. The van der Waals surface area contributed by atoms with Crippen LogP contribution in [0.25, 0.3) is 22.3 Å². The molecule has 118 valence electrons. The molecule has 3 rings (SSSR count). The van der Waals surface area contributed by atoms with Crippen LogP contribution in [0.5, 0.6) is 0 Å². The molecule has 0 unspecified atom stereocenters. The third-order valence-electron chi connectivity index (χ3n) is 3.09. The Bertz CT molecular complexity index is 820. The molecule has 0 fully saturated rings. The van der Waals surface area contributed by atoms with Gasteiger partial charge in [0.25, 0.3) is 0 Å². The van der Waals surface area contributed by atoms with Crippen LogP contribution < -0.4 is 0 Å². The third-order valence-corrected chi connectivity index (χ3v) is 3.64. The summed E-state index contributed by atoms with van der Waals surface area (Å²) in [7, 11) is 1.35. The van der Waals surface area contributed by atoms with Gasteiger partial charge in [0.2, 0.25) is 0 Å². The first kappa shape index (κ1) is 17.1. The number of benzene rings is 2. The van der Waals surface area contributed by atoms with Crippen LogP contribution in [0.3, 0.4) is 0 Å². The summed E-state index contributed by atoms with van der Waals surface area (Å²) in [6, 6.07) is 14.9. The molecule has 4 nitrogen and oxygen atoms in total. The standard InChI is InChI=1S/C16H11BrN2O2.C2H6/c1-21-16(20)11-7-8-12-13(9-11)19-15(17)14(18-12)10-5-3-2-4-6-10;1-2/h2-9H,1H3;1-2H3. The van der Waals surface area contributed by atoms with Crippen molar-refractivity contribution in [3.63, 3.8) is 0 Å². The van der Waals surface area contributed by atoms with Crippen molar-refractivity contribution < 1.29 is 9.53 Å². The minimum atomic E-state index is -0.387. The smallest absolute Gasteiger partial charge is 0.337 e. The first-order valence-electron chi connectivity index (χ1n) is 7.30. The molecule has 0 saturated carbocycles. The molecule has 0 bridgehead atoms. The number of hydrogen-bond donors (Lipinski definition) is 0. The van der Waals surface area contributed by atoms with E-state index in [-0.39, 0.29) is 5.97 Å². The lowest BCUT2D eigenvalue weighted by Crippen LogP contribution is -2.01. The fourth-order valence-corrected chi connectivity index (χ4v) is 2.57. The largest absolute Gasteiger partial charge is 0.465 e. The number of halogens is 1. The number of aromatic nitrogens is 2. The molecule has 0 aliphatic rings. The normalized spacial score (nSPS) is 9.91. The summed E-state index contributed by atoms with van der Waals surface area (Å²) in [4.78, 5) is 20.6. The third kappa shape index (κ3) is 3.74. The minimum Gasteiger partial charge on any atom is -0.465 e. The average molecular weight is 373 g/mol. The van der Waals surface area contributed by atoms with Gasteiger partial charge in [-0.1, -0.05) is 44.2 Å². The number of nitrogens with zero attached hydrogens (tertiary/aromatic N) is 2. The minimum absolute atomic E-state index is 0.387. The van der Waals surface area contributed by atoms with Gasteiger partial charge in [-0.15, -0.1) is 0 Å². The first-order chi connectivity index (χ1) is 11.2. The monoisotopic (exact) mass is 372 g/mol. The zero-order chi connectivity index (χ0) is 16.8. The molecule has 1 aromatic heterocycles. The Kier molecular flexibility index (Phi) is 5.82. The number of rotatable bonds is 2. The van der Waals surface area contributed by atoms with Crippen LogP contribution in [0.4, 0.5) is 0 Å². The van der Waals surface area contributed by atoms with Crippen LogP contribution in [0.2, 0.25) is 0 Å². The number of hydrogen-bond acceptors (Lipinski definition) is 4. The van der Waals surface area contributed by atoms with Crippen molar-refractivity contribution in [1.82, 2.24) is 9.97 Å². The summed E-state index contributed by atoms with van der Waals surface area (Å²) >= 11 is 3.44. The molecule has 0 amide bonds. The zero-order valence-electron chi connectivity index (χ0n) is 13.2. The Labute approximate surface area is 143 Å². The van der Waals surface area contributed by atoms with Crippen molar-refractivity contribution in [2.24, 2.45) is 0 Å². The van der Waals surface area contributed by atoms with Crippen molar-refractivity contribution in [2.45, 2.75) is 13.8 Å². The van der Waals surface area contributed by atoms with Gasteiger partial charge in [-0.2, -0.15) is 0 Å². The fourth-order valence-electron chi connectivity index (χ4n) is 2.06. The van der Waals surface area contributed by atoms with Crippen LogP contribution in [0.15, 0.2) is 53.1 Å². The van der Waals surface area contributed by atoms with Crippen LogP contribution in [0.1, 0.15) is 24.2 Å². The van der Waals surface area contributed by atoms with Gasteiger partial charge < -0.3 is 4.74 Å². The van der Waals surface area contributed by atoms with E-state index >= 15 is 0 Å². The highest BCUT2D eigenvalue weighted by Crippen LogP contribution is 2.27. The van der Waals surface area contributed by atoms with E-state index in [9.17, 15) is 4.79 Å². The number of esters is 1. The fraction of sp³-hybridized carbons (Fsp3) is 0.167. The molecule has 0 spiro atoms. The average Bonchev–Trinajstić information content (AvgIpc) is 2.62. The van der Waals surface area contributed by atoms with Gasteiger partial charge in [0.15, 0.2) is 0 Å². The summed E-state index contributed by atoms with van der Waals surface area (Å²) in [5, 5.41) is 0. The lowest BCUT2D eigenvalue weighted by Gasteiger charge is -2.06. The number of carbonyl (C=O) groups excluding carboxylic acids is 1. The van der Waals surface area contributed by atoms with Gasteiger partial charge in [0.05, 0.1) is 23.7 Å². The second-order valence-corrected chi connectivity index (χ2v) is 5.18. The Morgan fingerprint density at radius 3 is 2.35 bits per heavy atom.